The standard InChI is InChI=1S/C25H36F2O3/c1-3-5-16-29-21-14-15-22(24(27)23(21)26)30-25(28)20-12-10-19(11-13-20)18-8-6-17(4-2)7-9-18/h14-15,17-20H,3-13,16H2,1-2H3/t17-,18-,19-,20-. The van der Waals surface area contributed by atoms with Gasteiger partial charge in [-0.2, -0.15) is 8.78 Å². The van der Waals surface area contributed by atoms with E-state index >= 15 is 0 Å². The largest absolute Gasteiger partial charge is 0.490 e. The number of carbonyl (C=O) groups excluding carboxylic acids is 1. The van der Waals surface area contributed by atoms with E-state index in [-0.39, 0.29) is 17.4 Å². The molecule has 0 unspecified atom stereocenters. The Morgan fingerprint density at radius 2 is 1.47 bits per heavy atom. The maximum atomic E-state index is 14.3. The molecule has 0 saturated heterocycles. The van der Waals surface area contributed by atoms with E-state index in [1.165, 1.54) is 44.2 Å². The van der Waals surface area contributed by atoms with E-state index in [0.29, 0.717) is 12.5 Å². The van der Waals surface area contributed by atoms with Gasteiger partial charge in [0.1, 0.15) is 0 Å². The van der Waals surface area contributed by atoms with Crippen LogP contribution in [-0.4, -0.2) is 12.6 Å². The molecular formula is C25H36F2O3. The molecule has 0 spiro atoms. The summed E-state index contributed by atoms with van der Waals surface area (Å²) in [7, 11) is 0. The number of ether oxygens (including phenoxy) is 2. The Bertz CT molecular complexity index is 690. The van der Waals surface area contributed by atoms with Crippen molar-refractivity contribution in [3.63, 3.8) is 0 Å². The molecule has 0 N–H and O–H groups in total. The van der Waals surface area contributed by atoms with Crippen molar-refractivity contribution in [3.05, 3.63) is 23.8 Å². The Labute approximate surface area is 179 Å². The first-order valence-corrected chi connectivity index (χ1v) is 11.9. The zero-order chi connectivity index (χ0) is 21.5. The molecular weight excluding hydrogens is 386 g/mol. The molecule has 2 aliphatic carbocycles. The number of halogens is 2. The smallest absolute Gasteiger partial charge is 0.314 e. The quantitative estimate of drug-likeness (QED) is 0.255. The van der Waals surface area contributed by atoms with E-state index in [1.54, 1.807) is 0 Å². The van der Waals surface area contributed by atoms with Gasteiger partial charge < -0.3 is 9.47 Å². The molecule has 2 aliphatic rings. The normalized spacial score (nSPS) is 26.9. The van der Waals surface area contributed by atoms with Gasteiger partial charge in [0.2, 0.25) is 11.6 Å². The summed E-state index contributed by atoms with van der Waals surface area (Å²) in [6, 6.07) is 2.62. The molecule has 3 rings (SSSR count). The average Bonchev–Trinajstić information content (AvgIpc) is 2.78. The summed E-state index contributed by atoms with van der Waals surface area (Å²) in [4.78, 5) is 12.5. The second kappa shape index (κ2) is 11.1. The number of esters is 1. The second-order valence-corrected chi connectivity index (χ2v) is 9.11. The van der Waals surface area contributed by atoms with Crippen LogP contribution in [-0.2, 0) is 4.79 Å². The van der Waals surface area contributed by atoms with E-state index in [2.05, 4.69) is 6.92 Å². The Morgan fingerprint density at radius 3 is 2.07 bits per heavy atom. The zero-order valence-corrected chi connectivity index (χ0v) is 18.4. The molecule has 0 radical (unpaired) electrons. The third-order valence-electron chi connectivity index (χ3n) is 7.22. The number of carbonyl (C=O) groups is 1. The van der Waals surface area contributed by atoms with Crippen molar-refractivity contribution in [2.24, 2.45) is 23.7 Å². The minimum Gasteiger partial charge on any atom is -0.490 e. The predicted octanol–water partition coefficient (Wildman–Crippen LogP) is 7.07. The van der Waals surface area contributed by atoms with E-state index in [1.807, 2.05) is 6.92 Å². The number of unbranched alkanes of at least 4 members (excludes halogenated alkanes) is 1. The summed E-state index contributed by atoms with van der Waals surface area (Å²) in [5.74, 6) is -1.03. The first kappa shape index (κ1) is 23.0. The Morgan fingerprint density at radius 1 is 0.900 bits per heavy atom. The average molecular weight is 423 g/mol. The third-order valence-corrected chi connectivity index (χ3v) is 7.22. The van der Waals surface area contributed by atoms with Gasteiger partial charge in [-0.1, -0.05) is 39.5 Å². The van der Waals surface area contributed by atoms with Gasteiger partial charge in [-0.15, -0.1) is 0 Å². The van der Waals surface area contributed by atoms with Gasteiger partial charge in [0, 0.05) is 0 Å². The van der Waals surface area contributed by atoms with Crippen molar-refractivity contribution >= 4 is 5.97 Å². The maximum absolute atomic E-state index is 14.3. The molecule has 0 amide bonds. The highest BCUT2D eigenvalue weighted by atomic mass is 19.2. The molecule has 0 aliphatic heterocycles. The number of benzene rings is 1. The van der Waals surface area contributed by atoms with Crippen molar-refractivity contribution in [2.75, 3.05) is 6.61 Å². The lowest BCUT2D eigenvalue weighted by atomic mass is 9.69. The van der Waals surface area contributed by atoms with Gasteiger partial charge in [-0.05, 0) is 74.8 Å². The summed E-state index contributed by atoms with van der Waals surface area (Å²) < 4.78 is 39.0. The van der Waals surface area contributed by atoms with Crippen molar-refractivity contribution < 1.29 is 23.0 Å². The zero-order valence-electron chi connectivity index (χ0n) is 18.4. The Hall–Kier alpha value is -1.65. The van der Waals surface area contributed by atoms with Crippen molar-refractivity contribution in [1.29, 1.82) is 0 Å². The lowest BCUT2D eigenvalue weighted by Crippen LogP contribution is -2.30. The van der Waals surface area contributed by atoms with Gasteiger partial charge in [0.25, 0.3) is 0 Å². The monoisotopic (exact) mass is 422 g/mol. The van der Waals surface area contributed by atoms with Crippen LogP contribution >= 0.6 is 0 Å². The highest BCUT2D eigenvalue weighted by molar-refractivity contribution is 5.75. The van der Waals surface area contributed by atoms with Crippen LogP contribution in [0.4, 0.5) is 8.78 Å². The fraction of sp³-hybridized carbons (Fsp3) is 0.720. The Kier molecular flexibility index (Phi) is 8.52. The van der Waals surface area contributed by atoms with Crippen LogP contribution in [0.2, 0.25) is 0 Å². The molecule has 1 aromatic rings. The summed E-state index contributed by atoms with van der Waals surface area (Å²) in [5, 5.41) is 0. The molecule has 1 aromatic carbocycles. The van der Waals surface area contributed by atoms with Crippen LogP contribution < -0.4 is 9.47 Å². The van der Waals surface area contributed by atoms with Crippen molar-refractivity contribution in [2.45, 2.75) is 84.5 Å². The van der Waals surface area contributed by atoms with Crippen LogP contribution in [0.25, 0.3) is 0 Å². The SMILES string of the molecule is CCCCOc1ccc(OC(=O)[C@H]2CC[C@H]([C@H]3CC[C@H](CC)CC3)CC2)c(F)c1F. The highest BCUT2D eigenvalue weighted by Gasteiger charge is 2.33. The molecule has 0 aromatic heterocycles. The van der Waals surface area contributed by atoms with Crippen LogP contribution in [0, 0.1) is 35.3 Å². The molecule has 0 bridgehead atoms. The van der Waals surface area contributed by atoms with Gasteiger partial charge in [0.05, 0.1) is 12.5 Å². The van der Waals surface area contributed by atoms with Crippen molar-refractivity contribution in [1.82, 2.24) is 0 Å². The minimum atomic E-state index is -1.15. The predicted molar refractivity (Wildman–Crippen MR) is 114 cm³/mol. The van der Waals surface area contributed by atoms with Gasteiger partial charge in [0.15, 0.2) is 11.5 Å². The molecule has 30 heavy (non-hydrogen) atoms. The summed E-state index contributed by atoms with van der Waals surface area (Å²) in [6.07, 6.45) is 11.9. The van der Waals surface area contributed by atoms with E-state index in [4.69, 9.17) is 9.47 Å². The van der Waals surface area contributed by atoms with Crippen molar-refractivity contribution in [3.8, 4) is 11.5 Å². The van der Waals surface area contributed by atoms with E-state index in [9.17, 15) is 13.6 Å². The van der Waals surface area contributed by atoms with Gasteiger partial charge in [-0.25, -0.2) is 0 Å². The molecule has 3 nitrogen and oxygen atoms in total. The highest BCUT2D eigenvalue weighted by Crippen LogP contribution is 2.42. The first-order valence-electron chi connectivity index (χ1n) is 11.9. The lowest BCUT2D eigenvalue weighted by molar-refractivity contribution is -0.140. The topological polar surface area (TPSA) is 35.5 Å². The summed E-state index contributed by atoms with van der Waals surface area (Å²) in [6.45, 7) is 4.60. The molecule has 0 atom stereocenters. The number of hydrogen-bond donors (Lipinski definition) is 0. The molecule has 168 valence electrons. The van der Waals surface area contributed by atoms with Gasteiger partial charge >= 0.3 is 5.97 Å². The summed E-state index contributed by atoms with van der Waals surface area (Å²) >= 11 is 0. The fourth-order valence-corrected chi connectivity index (χ4v) is 5.12. The van der Waals surface area contributed by atoms with E-state index in [0.717, 1.165) is 50.4 Å². The lowest BCUT2D eigenvalue weighted by Gasteiger charge is -2.37. The molecule has 2 fully saturated rings. The fourth-order valence-electron chi connectivity index (χ4n) is 5.12. The summed E-state index contributed by atoms with van der Waals surface area (Å²) in [5.41, 5.74) is 0. The van der Waals surface area contributed by atoms with Crippen LogP contribution in [0.5, 0.6) is 11.5 Å². The van der Waals surface area contributed by atoms with Gasteiger partial charge in [-0.3, -0.25) is 4.79 Å². The van der Waals surface area contributed by atoms with Crippen LogP contribution in [0.3, 0.4) is 0 Å². The molecule has 0 heterocycles. The van der Waals surface area contributed by atoms with E-state index < -0.39 is 17.6 Å². The first-order chi connectivity index (χ1) is 14.5. The molecule has 2 saturated carbocycles. The third kappa shape index (κ3) is 5.73. The Balaban J connectivity index is 1.49. The second-order valence-electron chi connectivity index (χ2n) is 9.11. The molecule has 5 heteroatoms. The van der Waals surface area contributed by atoms with Crippen LogP contribution in [0.1, 0.15) is 84.5 Å². The minimum absolute atomic E-state index is 0.140. The number of rotatable bonds is 8. The maximum Gasteiger partial charge on any atom is 0.314 e. The van der Waals surface area contributed by atoms with Crippen LogP contribution in [0.15, 0.2) is 12.1 Å². The number of hydrogen-bond acceptors (Lipinski definition) is 3.